The first-order valence-electron chi connectivity index (χ1n) is 4.98. The topological polar surface area (TPSA) is 53.6 Å². The number of hydrogen-bond donors (Lipinski definition) is 2. The highest BCUT2D eigenvalue weighted by Gasteiger charge is 1.99. The molecule has 0 aromatic carbocycles. The van der Waals surface area contributed by atoms with Crippen LogP contribution in [0.15, 0.2) is 11.5 Å². The molecule has 1 unspecified atom stereocenters. The fourth-order valence-electron chi connectivity index (χ4n) is 1.13. The summed E-state index contributed by atoms with van der Waals surface area (Å²) in [5.41, 5.74) is 0. The number of aromatic nitrogens is 3. The Morgan fingerprint density at radius 3 is 3.07 bits per heavy atom. The first-order valence-corrected chi connectivity index (χ1v) is 5.97. The van der Waals surface area contributed by atoms with Gasteiger partial charge >= 0.3 is 0 Å². The molecular weight excluding hydrogens is 196 g/mol. The Hall–Kier alpha value is -0.550. The van der Waals surface area contributed by atoms with Gasteiger partial charge in [0.1, 0.15) is 6.33 Å². The maximum absolute atomic E-state index is 4.05. The summed E-state index contributed by atoms with van der Waals surface area (Å²) >= 11 is 1.74. The monoisotopic (exact) mass is 214 g/mol. The average Bonchev–Trinajstić information content (AvgIpc) is 2.69. The standard InChI is InChI=1S/C9H18N4S/c1-8(10-2)5-3-4-6-14-9-11-7-12-13-9/h7-8,10H,3-6H2,1-2H3,(H,11,12,13). The van der Waals surface area contributed by atoms with Gasteiger partial charge in [0.15, 0.2) is 5.16 Å². The van der Waals surface area contributed by atoms with E-state index in [2.05, 4.69) is 27.4 Å². The molecule has 2 N–H and O–H groups in total. The van der Waals surface area contributed by atoms with E-state index in [1.54, 1.807) is 18.1 Å². The summed E-state index contributed by atoms with van der Waals surface area (Å²) in [6, 6.07) is 0.630. The van der Waals surface area contributed by atoms with Crippen molar-refractivity contribution in [2.75, 3.05) is 12.8 Å². The minimum atomic E-state index is 0.630. The molecule has 0 saturated carbocycles. The Morgan fingerprint density at radius 1 is 1.57 bits per heavy atom. The molecule has 0 aliphatic carbocycles. The number of nitrogens with zero attached hydrogens (tertiary/aromatic N) is 2. The second-order valence-corrected chi connectivity index (χ2v) is 4.41. The first-order chi connectivity index (χ1) is 6.83. The minimum absolute atomic E-state index is 0.630. The van der Waals surface area contributed by atoms with Crippen molar-refractivity contribution in [2.24, 2.45) is 0 Å². The molecule has 0 saturated heterocycles. The molecule has 0 fully saturated rings. The second-order valence-electron chi connectivity index (χ2n) is 3.32. The van der Waals surface area contributed by atoms with Gasteiger partial charge < -0.3 is 5.32 Å². The van der Waals surface area contributed by atoms with Gasteiger partial charge in [0.25, 0.3) is 0 Å². The Balaban J connectivity index is 1.95. The average molecular weight is 214 g/mol. The molecule has 0 amide bonds. The lowest BCUT2D eigenvalue weighted by Gasteiger charge is -2.08. The van der Waals surface area contributed by atoms with Gasteiger partial charge in [0.2, 0.25) is 0 Å². The molecule has 0 bridgehead atoms. The lowest BCUT2D eigenvalue weighted by molar-refractivity contribution is 0.538. The summed E-state index contributed by atoms with van der Waals surface area (Å²) in [7, 11) is 2.01. The smallest absolute Gasteiger partial charge is 0.183 e. The van der Waals surface area contributed by atoms with Crippen molar-refractivity contribution in [3.8, 4) is 0 Å². The van der Waals surface area contributed by atoms with Gasteiger partial charge in [-0.05, 0) is 26.8 Å². The van der Waals surface area contributed by atoms with Crippen LogP contribution in [0.1, 0.15) is 26.2 Å². The fourth-order valence-corrected chi connectivity index (χ4v) is 1.91. The van der Waals surface area contributed by atoms with Gasteiger partial charge in [-0.2, -0.15) is 5.10 Å². The van der Waals surface area contributed by atoms with E-state index in [9.17, 15) is 0 Å². The minimum Gasteiger partial charge on any atom is -0.317 e. The molecule has 1 atom stereocenters. The zero-order chi connectivity index (χ0) is 10.2. The van der Waals surface area contributed by atoms with Crippen molar-refractivity contribution in [2.45, 2.75) is 37.4 Å². The lowest BCUT2D eigenvalue weighted by Crippen LogP contribution is -2.20. The van der Waals surface area contributed by atoms with Gasteiger partial charge in [0, 0.05) is 11.8 Å². The van der Waals surface area contributed by atoms with Crippen molar-refractivity contribution >= 4 is 11.8 Å². The van der Waals surface area contributed by atoms with Crippen molar-refractivity contribution in [1.82, 2.24) is 20.5 Å². The molecule has 0 aliphatic heterocycles. The van der Waals surface area contributed by atoms with E-state index in [1.807, 2.05) is 7.05 Å². The first kappa shape index (κ1) is 11.5. The van der Waals surface area contributed by atoms with E-state index >= 15 is 0 Å². The summed E-state index contributed by atoms with van der Waals surface area (Å²) < 4.78 is 0. The molecule has 0 aliphatic rings. The molecule has 80 valence electrons. The molecule has 1 aromatic rings. The van der Waals surface area contributed by atoms with E-state index in [1.165, 1.54) is 19.3 Å². The zero-order valence-electron chi connectivity index (χ0n) is 8.79. The number of hydrogen-bond acceptors (Lipinski definition) is 4. The maximum atomic E-state index is 4.05. The van der Waals surface area contributed by atoms with E-state index in [-0.39, 0.29) is 0 Å². The normalized spacial score (nSPS) is 13.0. The number of unbranched alkanes of at least 4 members (excludes halogenated alkanes) is 1. The highest BCUT2D eigenvalue weighted by molar-refractivity contribution is 7.99. The molecule has 5 heteroatoms. The number of thioether (sulfide) groups is 1. The third kappa shape index (κ3) is 4.62. The molecule has 0 radical (unpaired) electrons. The van der Waals surface area contributed by atoms with Crippen LogP contribution in [0.25, 0.3) is 0 Å². The summed E-state index contributed by atoms with van der Waals surface area (Å²) in [4.78, 5) is 4.05. The van der Waals surface area contributed by atoms with Crippen molar-refractivity contribution < 1.29 is 0 Å². The van der Waals surface area contributed by atoms with Crippen LogP contribution in [0, 0.1) is 0 Å². The van der Waals surface area contributed by atoms with E-state index in [4.69, 9.17) is 0 Å². The number of aromatic amines is 1. The van der Waals surface area contributed by atoms with Gasteiger partial charge in [-0.25, -0.2) is 4.98 Å². The predicted octanol–water partition coefficient (Wildman–Crippen LogP) is 1.67. The Bertz CT molecular complexity index is 225. The van der Waals surface area contributed by atoms with Gasteiger partial charge in [0.05, 0.1) is 0 Å². The predicted molar refractivity (Wildman–Crippen MR) is 59.5 cm³/mol. The molecule has 1 rings (SSSR count). The Kier molecular flexibility index (Phi) is 5.63. The van der Waals surface area contributed by atoms with Gasteiger partial charge in [-0.15, -0.1) is 0 Å². The van der Waals surface area contributed by atoms with Crippen LogP contribution in [0.4, 0.5) is 0 Å². The molecule has 4 nitrogen and oxygen atoms in total. The maximum Gasteiger partial charge on any atom is 0.183 e. The Labute approximate surface area is 89.3 Å². The number of H-pyrrole nitrogens is 1. The SMILES string of the molecule is CNC(C)CCCCSc1ncn[nH]1. The zero-order valence-corrected chi connectivity index (χ0v) is 9.60. The van der Waals surface area contributed by atoms with Crippen LogP contribution in [-0.4, -0.2) is 34.0 Å². The van der Waals surface area contributed by atoms with Crippen molar-refractivity contribution in [1.29, 1.82) is 0 Å². The largest absolute Gasteiger partial charge is 0.317 e. The summed E-state index contributed by atoms with van der Waals surface area (Å²) in [6.45, 7) is 2.21. The van der Waals surface area contributed by atoms with Crippen LogP contribution in [0.5, 0.6) is 0 Å². The van der Waals surface area contributed by atoms with Gasteiger partial charge in [-0.3, -0.25) is 5.10 Å². The Morgan fingerprint density at radius 2 is 2.43 bits per heavy atom. The van der Waals surface area contributed by atoms with Crippen LogP contribution >= 0.6 is 11.8 Å². The van der Waals surface area contributed by atoms with E-state index < -0.39 is 0 Å². The summed E-state index contributed by atoms with van der Waals surface area (Å²) in [6.07, 6.45) is 5.29. The van der Waals surface area contributed by atoms with E-state index in [0.717, 1.165) is 10.9 Å². The summed E-state index contributed by atoms with van der Waals surface area (Å²) in [5, 5.41) is 10.8. The molecule has 0 spiro atoms. The van der Waals surface area contributed by atoms with E-state index in [0.29, 0.717) is 6.04 Å². The summed E-state index contributed by atoms with van der Waals surface area (Å²) in [5.74, 6) is 1.12. The molecular formula is C9H18N4S. The highest BCUT2D eigenvalue weighted by Crippen LogP contribution is 2.13. The van der Waals surface area contributed by atoms with Gasteiger partial charge in [-0.1, -0.05) is 18.2 Å². The molecule has 1 heterocycles. The third-order valence-corrected chi connectivity index (χ3v) is 3.12. The van der Waals surface area contributed by atoms with Crippen LogP contribution < -0.4 is 5.32 Å². The van der Waals surface area contributed by atoms with Crippen LogP contribution in [0.3, 0.4) is 0 Å². The van der Waals surface area contributed by atoms with Crippen molar-refractivity contribution in [3.63, 3.8) is 0 Å². The van der Waals surface area contributed by atoms with Crippen molar-refractivity contribution in [3.05, 3.63) is 6.33 Å². The molecule has 1 aromatic heterocycles. The number of nitrogens with one attached hydrogen (secondary N) is 2. The third-order valence-electron chi connectivity index (χ3n) is 2.16. The highest BCUT2D eigenvalue weighted by atomic mass is 32.2. The van der Waals surface area contributed by atoms with Crippen LogP contribution in [0.2, 0.25) is 0 Å². The quantitative estimate of drug-likeness (QED) is 0.535. The molecule has 14 heavy (non-hydrogen) atoms. The second kappa shape index (κ2) is 6.84. The fraction of sp³-hybridized carbons (Fsp3) is 0.778. The lowest BCUT2D eigenvalue weighted by atomic mass is 10.1. The van der Waals surface area contributed by atoms with Crippen LogP contribution in [-0.2, 0) is 0 Å². The number of rotatable bonds is 7.